The number of carbonyl (C=O) groups is 1. The van der Waals surface area contributed by atoms with Crippen LogP contribution in [0.15, 0.2) is 60.7 Å². The number of aromatic nitrogens is 1. The van der Waals surface area contributed by atoms with E-state index in [1.165, 1.54) is 25.3 Å². The summed E-state index contributed by atoms with van der Waals surface area (Å²) >= 11 is 0. The molecule has 1 amide bonds. The third-order valence-corrected chi connectivity index (χ3v) is 10.9. The maximum Gasteiger partial charge on any atom is 0.221 e. The number of hydrogen-bond acceptors (Lipinski definition) is 5. The summed E-state index contributed by atoms with van der Waals surface area (Å²) < 4.78 is 9.28. The summed E-state index contributed by atoms with van der Waals surface area (Å²) in [6.07, 6.45) is 4.32. The second-order valence-corrected chi connectivity index (χ2v) is 13.3. The molecule has 1 spiro atoms. The quantitative estimate of drug-likeness (QED) is 0.317. The Balaban J connectivity index is 1.24. The van der Waals surface area contributed by atoms with Crippen LogP contribution in [0.25, 0.3) is 10.9 Å². The largest absolute Gasteiger partial charge is 0.504 e. The Morgan fingerprint density at radius 2 is 1.90 bits per heavy atom. The molecule has 2 aliphatic heterocycles. The van der Waals surface area contributed by atoms with Gasteiger partial charge in [0.25, 0.3) is 0 Å². The van der Waals surface area contributed by atoms with E-state index in [0.29, 0.717) is 18.7 Å². The van der Waals surface area contributed by atoms with Gasteiger partial charge in [-0.2, -0.15) is 0 Å². The topological polar surface area (TPSA) is 87.0 Å². The first-order chi connectivity index (χ1) is 20.4. The summed E-state index contributed by atoms with van der Waals surface area (Å²) in [5.74, 6) is 1.38. The molecular weight excluding hydrogens is 526 g/mol. The average molecular weight is 562 g/mol. The Labute approximate surface area is 244 Å². The van der Waals surface area contributed by atoms with Crippen molar-refractivity contribution < 1.29 is 19.7 Å². The van der Waals surface area contributed by atoms with E-state index in [1.807, 2.05) is 12.1 Å². The highest BCUT2D eigenvalue weighted by Gasteiger charge is 2.73. The maximum absolute atomic E-state index is 13.2. The molecule has 214 valence electrons. The zero-order valence-corrected chi connectivity index (χ0v) is 23.8. The summed E-state index contributed by atoms with van der Waals surface area (Å²) in [4.78, 5) is 14.1. The fourth-order valence-electron chi connectivity index (χ4n) is 9.05. The molecule has 7 heteroatoms. The lowest BCUT2D eigenvalue weighted by atomic mass is 9.49. The standard InChI is InChI=1S/C35H35N3O4/c1-20(39)36-24-11-8-22(9-12-24)19-38-27-5-3-2-4-25(27)26-17-35(41)29-16-23-10-13-28(40)32-30(23)34(35,33(42-32)31(26)38)14-15-37(29)18-21-6-7-21/h2-5,8-13,21,29,33,40-41H,6-7,14-19H2,1H3,(H,36,39)/t29?,33-,34?,35+/m0/s1. The summed E-state index contributed by atoms with van der Waals surface area (Å²) in [6, 6.07) is 20.4. The molecule has 3 N–H and O–H groups in total. The molecule has 9 rings (SSSR count). The van der Waals surface area contributed by atoms with Crippen LogP contribution in [0.4, 0.5) is 5.69 Å². The van der Waals surface area contributed by atoms with E-state index < -0.39 is 17.1 Å². The SMILES string of the molecule is CC(=O)Nc1ccc(Cn2c3c(c4ccccc42)C[C@@]2(O)C4Cc5ccc(O)c6c5C2(CCN4CC2CC2)[C@H]3O6)cc1. The lowest BCUT2D eigenvalue weighted by Crippen LogP contribution is -2.74. The molecule has 1 saturated heterocycles. The first-order valence-electron chi connectivity index (χ1n) is 15.3. The number of rotatable bonds is 5. The van der Waals surface area contributed by atoms with Crippen molar-refractivity contribution >= 4 is 22.5 Å². The van der Waals surface area contributed by atoms with Crippen LogP contribution in [-0.4, -0.2) is 50.3 Å². The molecule has 2 bridgehead atoms. The number of nitrogens with one attached hydrogen (secondary N) is 1. The molecule has 3 heterocycles. The predicted octanol–water partition coefficient (Wildman–Crippen LogP) is 5.05. The van der Waals surface area contributed by atoms with Gasteiger partial charge in [-0.15, -0.1) is 0 Å². The summed E-state index contributed by atoms with van der Waals surface area (Å²) in [5.41, 5.74) is 5.93. The number of hydrogen-bond donors (Lipinski definition) is 3. The molecule has 2 unspecified atom stereocenters. The van der Waals surface area contributed by atoms with Crippen LogP contribution in [0.5, 0.6) is 11.5 Å². The second kappa shape index (κ2) is 8.39. The molecule has 5 aliphatic rings. The van der Waals surface area contributed by atoms with Gasteiger partial charge in [0.1, 0.15) is 0 Å². The first kappa shape index (κ1) is 24.8. The van der Waals surface area contributed by atoms with E-state index in [2.05, 4.69) is 57.2 Å². The molecular formula is C35H35N3O4. The molecule has 1 saturated carbocycles. The van der Waals surface area contributed by atoms with Crippen LogP contribution in [0.2, 0.25) is 0 Å². The minimum Gasteiger partial charge on any atom is -0.504 e. The zero-order chi connectivity index (χ0) is 28.4. The van der Waals surface area contributed by atoms with E-state index in [9.17, 15) is 15.0 Å². The predicted molar refractivity (Wildman–Crippen MR) is 160 cm³/mol. The van der Waals surface area contributed by atoms with Gasteiger partial charge in [-0.25, -0.2) is 0 Å². The molecule has 4 aromatic rings. The molecule has 3 aliphatic carbocycles. The lowest BCUT2D eigenvalue weighted by Gasteiger charge is -2.63. The second-order valence-electron chi connectivity index (χ2n) is 13.3. The highest BCUT2D eigenvalue weighted by atomic mass is 16.5. The fourth-order valence-corrected chi connectivity index (χ4v) is 9.05. The smallest absolute Gasteiger partial charge is 0.221 e. The molecule has 4 atom stereocenters. The lowest BCUT2D eigenvalue weighted by molar-refractivity contribution is -0.173. The van der Waals surface area contributed by atoms with Crippen molar-refractivity contribution in [3.8, 4) is 11.5 Å². The molecule has 3 aromatic carbocycles. The van der Waals surface area contributed by atoms with Crippen molar-refractivity contribution in [2.24, 2.45) is 5.92 Å². The Bertz CT molecular complexity index is 1790. The van der Waals surface area contributed by atoms with E-state index in [0.717, 1.165) is 70.8 Å². The number of nitrogens with zero attached hydrogens (tertiary/aromatic N) is 2. The van der Waals surface area contributed by atoms with Crippen molar-refractivity contribution in [3.63, 3.8) is 0 Å². The van der Waals surface area contributed by atoms with Gasteiger partial charge in [-0.05, 0) is 79.1 Å². The maximum atomic E-state index is 13.2. The average Bonchev–Trinajstić information content (AvgIpc) is 3.65. The number of phenols is 1. The highest BCUT2D eigenvalue weighted by Crippen LogP contribution is 2.69. The van der Waals surface area contributed by atoms with Crippen molar-refractivity contribution in [2.75, 3.05) is 18.4 Å². The number of amides is 1. The number of anilines is 1. The first-order valence-corrected chi connectivity index (χ1v) is 15.3. The van der Waals surface area contributed by atoms with Crippen LogP contribution < -0.4 is 10.1 Å². The number of piperidine rings is 1. The van der Waals surface area contributed by atoms with E-state index in [1.54, 1.807) is 6.07 Å². The molecule has 0 radical (unpaired) electrons. The number of aliphatic hydroxyl groups is 1. The van der Waals surface area contributed by atoms with Crippen molar-refractivity contribution in [1.29, 1.82) is 0 Å². The van der Waals surface area contributed by atoms with Gasteiger partial charge in [-0.3, -0.25) is 9.69 Å². The van der Waals surface area contributed by atoms with Gasteiger partial charge in [0.05, 0.1) is 16.7 Å². The van der Waals surface area contributed by atoms with Crippen LogP contribution >= 0.6 is 0 Å². The van der Waals surface area contributed by atoms with Crippen molar-refractivity contribution in [2.45, 2.75) is 68.7 Å². The van der Waals surface area contributed by atoms with Crippen LogP contribution in [0.1, 0.15) is 60.2 Å². The normalized spacial score (nSPS) is 28.7. The highest BCUT2D eigenvalue weighted by molar-refractivity contribution is 5.89. The number of carbonyl (C=O) groups excluding carboxylic acids is 1. The summed E-state index contributed by atoms with van der Waals surface area (Å²) in [5, 5.41) is 28.3. The third kappa shape index (κ3) is 3.15. The number of ether oxygens (including phenoxy) is 1. The molecule has 7 nitrogen and oxygen atoms in total. The van der Waals surface area contributed by atoms with Crippen LogP contribution in [0.3, 0.4) is 0 Å². The van der Waals surface area contributed by atoms with Gasteiger partial charge in [0, 0.05) is 54.6 Å². The Kier molecular flexibility index (Phi) is 4.95. The number of benzene rings is 3. The summed E-state index contributed by atoms with van der Waals surface area (Å²) in [7, 11) is 0. The number of para-hydroxylation sites is 1. The molecule has 2 fully saturated rings. The Morgan fingerprint density at radius 1 is 1.10 bits per heavy atom. The number of fused-ring (bicyclic) bond motifs is 4. The minimum absolute atomic E-state index is 0.0116. The number of aromatic hydroxyl groups is 1. The Morgan fingerprint density at radius 3 is 2.69 bits per heavy atom. The van der Waals surface area contributed by atoms with Crippen LogP contribution in [0, 0.1) is 5.92 Å². The monoisotopic (exact) mass is 561 g/mol. The van der Waals surface area contributed by atoms with Gasteiger partial charge in [0.2, 0.25) is 5.91 Å². The van der Waals surface area contributed by atoms with E-state index >= 15 is 0 Å². The van der Waals surface area contributed by atoms with Gasteiger partial charge >= 0.3 is 0 Å². The molecule has 42 heavy (non-hydrogen) atoms. The third-order valence-electron chi connectivity index (χ3n) is 10.9. The minimum atomic E-state index is -1.00. The fraction of sp³-hybridized carbons (Fsp3) is 0.400. The number of phenolic OH excluding ortho intramolecular Hbond substituents is 1. The van der Waals surface area contributed by atoms with Crippen LogP contribution in [-0.2, 0) is 29.6 Å². The summed E-state index contributed by atoms with van der Waals surface area (Å²) in [6.45, 7) is 4.13. The van der Waals surface area contributed by atoms with Gasteiger partial charge in [0.15, 0.2) is 17.6 Å². The van der Waals surface area contributed by atoms with Crippen molar-refractivity contribution in [3.05, 3.63) is 88.6 Å². The Hall–Kier alpha value is -3.81. The van der Waals surface area contributed by atoms with E-state index in [4.69, 9.17) is 4.74 Å². The van der Waals surface area contributed by atoms with E-state index in [-0.39, 0.29) is 17.7 Å². The van der Waals surface area contributed by atoms with Crippen molar-refractivity contribution in [1.82, 2.24) is 9.47 Å². The van der Waals surface area contributed by atoms with Gasteiger partial charge in [-0.1, -0.05) is 36.4 Å². The number of likely N-dealkylation sites (tertiary alicyclic amines) is 1. The molecule has 1 aromatic heterocycles. The zero-order valence-electron chi connectivity index (χ0n) is 23.8. The van der Waals surface area contributed by atoms with Gasteiger partial charge < -0.3 is 24.8 Å².